The molecule has 5 nitrogen and oxygen atoms in total. The number of azide groups is 1. The third-order valence-electron chi connectivity index (χ3n) is 3.39. The van der Waals surface area contributed by atoms with E-state index in [-0.39, 0.29) is 17.9 Å². The van der Waals surface area contributed by atoms with Crippen LogP contribution >= 0.6 is 0 Å². The van der Waals surface area contributed by atoms with Gasteiger partial charge in [0.1, 0.15) is 0 Å². The molecule has 2 rings (SSSR count). The molecule has 0 aliphatic carbocycles. The van der Waals surface area contributed by atoms with Gasteiger partial charge in [-0.1, -0.05) is 35.4 Å². The molecule has 0 N–H and O–H groups in total. The van der Waals surface area contributed by atoms with E-state index >= 15 is 0 Å². The first-order valence-corrected chi connectivity index (χ1v) is 6.07. The van der Waals surface area contributed by atoms with Gasteiger partial charge in [0, 0.05) is 24.4 Å². The van der Waals surface area contributed by atoms with E-state index in [0.717, 1.165) is 5.56 Å². The summed E-state index contributed by atoms with van der Waals surface area (Å²) in [4.78, 5) is 16.6. The molecule has 0 bridgehead atoms. The van der Waals surface area contributed by atoms with Gasteiger partial charge in [-0.3, -0.25) is 4.79 Å². The van der Waals surface area contributed by atoms with Gasteiger partial charge in [0.25, 0.3) is 0 Å². The number of amides is 1. The summed E-state index contributed by atoms with van der Waals surface area (Å²) < 4.78 is 0. The average molecular weight is 244 g/mol. The van der Waals surface area contributed by atoms with Crippen LogP contribution in [0.15, 0.2) is 35.4 Å². The number of carbonyl (C=O) groups is 1. The molecule has 0 aromatic heterocycles. The Morgan fingerprint density at radius 2 is 2.22 bits per heavy atom. The SMILES string of the molecule is C[C@@H](c1ccccc1)N1CC(CN=[N+]=[N-])CC1=O. The molecule has 1 aliphatic heterocycles. The molecule has 5 heteroatoms. The molecule has 0 spiro atoms. The van der Waals surface area contributed by atoms with Gasteiger partial charge in [-0.15, -0.1) is 0 Å². The van der Waals surface area contributed by atoms with Gasteiger partial charge in [0.2, 0.25) is 5.91 Å². The topological polar surface area (TPSA) is 69.1 Å². The van der Waals surface area contributed by atoms with Crippen LogP contribution in [0.4, 0.5) is 0 Å². The lowest BCUT2D eigenvalue weighted by molar-refractivity contribution is -0.129. The van der Waals surface area contributed by atoms with Crippen molar-refractivity contribution in [2.75, 3.05) is 13.1 Å². The van der Waals surface area contributed by atoms with Gasteiger partial charge in [-0.05, 0) is 23.9 Å². The second-order valence-corrected chi connectivity index (χ2v) is 4.62. The molecule has 0 radical (unpaired) electrons. The lowest BCUT2D eigenvalue weighted by Gasteiger charge is -2.25. The molecule has 1 saturated heterocycles. The van der Waals surface area contributed by atoms with E-state index < -0.39 is 0 Å². The normalized spacial score (nSPS) is 20.6. The number of likely N-dealkylation sites (tertiary alicyclic amines) is 1. The average Bonchev–Trinajstić information content (AvgIpc) is 2.78. The molecule has 1 heterocycles. The number of benzene rings is 1. The van der Waals surface area contributed by atoms with Crippen molar-refractivity contribution in [1.29, 1.82) is 0 Å². The van der Waals surface area contributed by atoms with E-state index in [1.807, 2.05) is 42.2 Å². The van der Waals surface area contributed by atoms with Crippen LogP contribution in [0.3, 0.4) is 0 Å². The van der Waals surface area contributed by atoms with Gasteiger partial charge in [-0.25, -0.2) is 0 Å². The highest BCUT2D eigenvalue weighted by Gasteiger charge is 2.32. The Bertz CT molecular complexity index is 467. The highest BCUT2D eigenvalue weighted by atomic mass is 16.2. The fourth-order valence-corrected chi connectivity index (χ4v) is 2.37. The quantitative estimate of drug-likeness (QED) is 0.456. The predicted molar refractivity (Wildman–Crippen MR) is 68.7 cm³/mol. The number of carbonyl (C=O) groups excluding carboxylic acids is 1. The second kappa shape index (κ2) is 5.56. The van der Waals surface area contributed by atoms with Crippen molar-refractivity contribution in [2.45, 2.75) is 19.4 Å². The molecule has 2 atom stereocenters. The third-order valence-corrected chi connectivity index (χ3v) is 3.39. The Balaban J connectivity index is 2.05. The second-order valence-electron chi connectivity index (χ2n) is 4.62. The van der Waals surface area contributed by atoms with Crippen molar-refractivity contribution in [2.24, 2.45) is 11.0 Å². The number of hydrogen-bond acceptors (Lipinski definition) is 2. The largest absolute Gasteiger partial charge is 0.336 e. The van der Waals surface area contributed by atoms with Crippen LogP contribution in [0, 0.1) is 5.92 Å². The maximum absolute atomic E-state index is 12.0. The summed E-state index contributed by atoms with van der Waals surface area (Å²) in [5.41, 5.74) is 9.44. The van der Waals surface area contributed by atoms with E-state index in [1.54, 1.807) is 0 Å². The third kappa shape index (κ3) is 2.63. The molecule has 1 fully saturated rings. The minimum atomic E-state index is 0.0785. The van der Waals surface area contributed by atoms with E-state index in [9.17, 15) is 4.79 Å². The van der Waals surface area contributed by atoms with Crippen molar-refractivity contribution in [1.82, 2.24) is 4.90 Å². The van der Waals surface area contributed by atoms with Gasteiger partial charge < -0.3 is 4.90 Å². The smallest absolute Gasteiger partial charge is 0.223 e. The zero-order valence-electron chi connectivity index (χ0n) is 10.4. The first kappa shape index (κ1) is 12.5. The Morgan fingerprint density at radius 1 is 1.50 bits per heavy atom. The molecule has 1 unspecified atom stereocenters. The van der Waals surface area contributed by atoms with E-state index in [4.69, 9.17) is 5.53 Å². The van der Waals surface area contributed by atoms with Crippen molar-refractivity contribution >= 4 is 5.91 Å². The van der Waals surface area contributed by atoms with E-state index in [0.29, 0.717) is 19.5 Å². The Hall–Kier alpha value is -2.00. The summed E-state index contributed by atoms with van der Waals surface area (Å²) in [6, 6.07) is 10.0. The lowest BCUT2D eigenvalue weighted by Crippen LogP contribution is -2.28. The Labute approximate surface area is 106 Å². The molecule has 1 aromatic carbocycles. The van der Waals surface area contributed by atoms with Crippen molar-refractivity contribution < 1.29 is 4.79 Å². The molecule has 1 aliphatic rings. The highest BCUT2D eigenvalue weighted by molar-refractivity contribution is 5.79. The van der Waals surface area contributed by atoms with Crippen LogP contribution in [0.2, 0.25) is 0 Å². The molecular formula is C13H16N4O. The maximum atomic E-state index is 12.0. The van der Waals surface area contributed by atoms with Crippen molar-refractivity contribution in [3.63, 3.8) is 0 Å². The van der Waals surface area contributed by atoms with E-state index in [1.165, 1.54) is 0 Å². The summed E-state index contributed by atoms with van der Waals surface area (Å²) in [6.45, 7) is 3.11. The van der Waals surface area contributed by atoms with Crippen LogP contribution in [-0.2, 0) is 4.79 Å². The number of nitrogens with zero attached hydrogens (tertiary/aromatic N) is 4. The molecule has 0 saturated carbocycles. The fourth-order valence-electron chi connectivity index (χ4n) is 2.37. The molecule has 1 amide bonds. The predicted octanol–water partition coefficient (Wildman–Crippen LogP) is 2.91. The van der Waals surface area contributed by atoms with Crippen LogP contribution in [0.25, 0.3) is 10.4 Å². The Kier molecular flexibility index (Phi) is 3.85. The summed E-state index contributed by atoms with van der Waals surface area (Å²) in [5.74, 6) is 0.295. The summed E-state index contributed by atoms with van der Waals surface area (Å²) in [5, 5.41) is 3.56. The number of hydrogen-bond donors (Lipinski definition) is 0. The van der Waals surface area contributed by atoms with Crippen LogP contribution in [0.5, 0.6) is 0 Å². The van der Waals surface area contributed by atoms with Crippen LogP contribution < -0.4 is 0 Å². The number of rotatable bonds is 4. The maximum Gasteiger partial charge on any atom is 0.223 e. The standard InChI is InChI=1S/C13H16N4O/c1-10(12-5-3-2-4-6-12)17-9-11(7-13(17)18)8-15-16-14/h2-6,10-11H,7-9H2,1H3/t10-,11?/m0/s1. The minimum Gasteiger partial charge on any atom is -0.336 e. The first-order valence-electron chi connectivity index (χ1n) is 6.07. The molecule has 94 valence electrons. The fraction of sp³-hybridized carbons (Fsp3) is 0.462. The van der Waals surface area contributed by atoms with Crippen LogP contribution in [-0.4, -0.2) is 23.9 Å². The zero-order chi connectivity index (χ0) is 13.0. The monoisotopic (exact) mass is 244 g/mol. The van der Waals surface area contributed by atoms with Gasteiger partial charge >= 0.3 is 0 Å². The summed E-state index contributed by atoms with van der Waals surface area (Å²) in [6.07, 6.45) is 0.482. The molecular weight excluding hydrogens is 228 g/mol. The summed E-state index contributed by atoms with van der Waals surface area (Å²) >= 11 is 0. The Morgan fingerprint density at radius 3 is 2.89 bits per heavy atom. The van der Waals surface area contributed by atoms with Gasteiger partial charge in [0.15, 0.2) is 0 Å². The van der Waals surface area contributed by atoms with Gasteiger partial charge in [0.05, 0.1) is 6.04 Å². The summed E-state index contributed by atoms with van der Waals surface area (Å²) in [7, 11) is 0. The van der Waals surface area contributed by atoms with Crippen LogP contribution in [0.1, 0.15) is 24.9 Å². The van der Waals surface area contributed by atoms with E-state index in [2.05, 4.69) is 10.0 Å². The zero-order valence-corrected chi connectivity index (χ0v) is 10.4. The van der Waals surface area contributed by atoms with Crippen molar-refractivity contribution in [3.8, 4) is 0 Å². The highest BCUT2D eigenvalue weighted by Crippen LogP contribution is 2.28. The minimum absolute atomic E-state index is 0.0785. The van der Waals surface area contributed by atoms with Gasteiger partial charge in [-0.2, -0.15) is 0 Å². The first-order chi connectivity index (χ1) is 8.72. The molecule has 18 heavy (non-hydrogen) atoms. The molecule has 1 aromatic rings. The van der Waals surface area contributed by atoms with Crippen molar-refractivity contribution in [3.05, 3.63) is 46.3 Å². The lowest BCUT2D eigenvalue weighted by atomic mass is 10.1.